The van der Waals surface area contributed by atoms with Crippen LogP contribution in [0.25, 0.3) is 11.0 Å². The SMILES string of the molecule is O=C(NCC1(O)CCCCC1)c1cc2cc(F)ccc2o1. The van der Waals surface area contributed by atoms with Gasteiger partial charge in [-0.15, -0.1) is 0 Å². The molecule has 3 rings (SSSR count). The highest BCUT2D eigenvalue weighted by molar-refractivity contribution is 5.96. The van der Waals surface area contributed by atoms with Crippen molar-refractivity contribution >= 4 is 16.9 Å². The molecule has 2 N–H and O–H groups in total. The van der Waals surface area contributed by atoms with Gasteiger partial charge in [-0.3, -0.25) is 4.79 Å². The number of amides is 1. The second kappa shape index (κ2) is 5.48. The van der Waals surface area contributed by atoms with Gasteiger partial charge in [-0.05, 0) is 37.1 Å². The number of hydrogen-bond donors (Lipinski definition) is 2. The van der Waals surface area contributed by atoms with Crippen LogP contribution in [0.3, 0.4) is 0 Å². The van der Waals surface area contributed by atoms with Gasteiger partial charge in [0.25, 0.3) is 5.91 Å². The molecule has 0 bridgehead atoms. The molecule has 1 saturated carbocycles. The van der Waals surface area contributed by atoms with Crippen molar-refractivity contribution in [3.8, 4) is 0 Å². The minimum atomic E-state index is -0.813. The molecule has 0 saturated heterocycles. The molecule has 112 valence electrons. The normalized spacial score (nSPS) is 17.8. The highest BCUT2D eigenvalue weighted by Crippen LogP contribution is 2.27. The van der Waals surface area contributed by atoms with E-state index in [9.17, 15) is 14.3 Å². The van der Waals surface area contributed by atoms with E-state index in [4.69, 9.17) is 4.42 Å². The Balaban J connectivity index is 1.69. The van der Waals surface area contributed by atoms with Gasteiger partial charge in [0.2, 0.25) is 0 Å². The van der Waals surface area contributed by atoms with Crippen LogP contribution in [0.5, 0.6) is 0 Å². The summed E-state index contributed by atoms with van der Waals surface area (Å²) in [5, 5.41) is 13.6. The second-order valence-electron chi connectivity index (χ2n) is 5.76. The van der Waals surface area contributed by atoms with Gasteiger partial charge in [-0.1, -0.05) is 19.3 Å². The summed E-state index contributed by atoms with van der Waals surface area (Å²) in [6.45, 7) is 0.219. The Hall–Kier alpha value is -1.88. The van der Waals surface area contributed by atoms with Gasteiger partial charge in [0.05, 0.1) is 5.60 Å². The summed E-state index contributed by atoms with van der Waals surface area (Å²) >= 11 is 0. The van der Waals surface area contributed by atoms with Crippen LogP contribution in [-0.4, -0.2) is 23.2 Å². The number of halogens is 1. The average Bonchev–Trinajstić information content (AvgIpc) is 2.88. The molecule has 4 nitrogen and oxygen atoms in total. The highest BCUT2D eigenvalue weighted by atomic mass is 19.1. The van der Waals surface area contributed by atoms with E-state index in [1.165, 1.54) is 24.3 Å². The maximum Gasteiger partial charge on any atom is 0.287 e. The molecular weight excluding hydrogens is 273 g/mol. The first-order valence-electron chi connectivity index (χ1n) is 7.25. The monoisotopic (exact) mass is 291 g/mol. The van der Waals surface area contributed by atoms with E-state index < -0.39 is 5.60 Å². The van der Waals surface area contributed by atoms with Gasteiger partial charge in [-0.25, -0.2) is 4.39 Å². The maximum atomic E-state index is 13.1. The largest absolute Gasteiger partial charge is 0.451 e. The summed E-state index contributed by atoms with van der Waals surface area (Å²) in [6.07, 6.45) is 4.51. The van der Waals surface area contributed by atoms with Gasteiger partial charge in [-0.2, -0.15) is 0 Å². The van der Waals surface area contributed by atoms with Crippen molar-refractivity contribution in [1.82, 2.24) is 5.32 Å². The number of furan rings is 1. The van der Waals surface area contributed by atoms with Gasteiger partial charge >= 0.3 is 0 Å². The fourth-order valence-corrected chi connectivity index (χ4v) is 2.84. The quantitative estimate of drug-likeness (QED) is 0.913. The Morgan fingerprint density at radius 2 is 2.05 bits per heavy atom. The van der Waals surface area contributed by atoms with Crippen LogP contribution < -0.4 is 5.32 Å². The first-order chi connectivity index (χ1) is 10.1. The fraction of sp³-hybridized carbons (Fsp3) is 0.438. The van der Waals surface area contributed by atoms with E-state index in [1.807, 2.05) is 0 Å². The zero-order valence-corrected chi connectivity index (χ0v) is 11.7. The van der Waals surface area contributed by atoms with Gasteiger partial charge in [0, 0.05) is 11.9 Å². The van der Waals surface area contributed by atoms with Crippen LogP contribution in [0.2, 0.25) is 0 Å². The zero-order valence-electron chi connectivity index (χ0n) is 11.7. The number of rotatable bonds is 3. The predicted octanol–water partition coefficient (Wildman–Crippen LogP) is 3.00. The first-order valence-corrected chi connectivity index (χ1v) is 7.25. The lowest BCUT2D eigenvalue weighted by Gasteiger charge is -2.31. The molecule has 2 aromatic rings. The standard InChI is InChI=1S/C16H18FNO3/c17-12-4-5-13-11(8-12)9-14(21-13)15(19)18-10-16(20)6-2-1-3-7-16/h4-5,8-9,20H,1-3,6-7,10H2,(H,18,19). The van der Waals surface area contributed by atoms with Crippen LogP contribution >= 0.6 is 0 Å². The molecule has 0 unspecified atom stereocenters. The van der Waals surface area contributed by atoms with Crippen molar-refractivity contribution in [2.75, 3.05) is 6.54 Å². The Bertz CT molecular complexity index is 659. The molecule has 1 aromatic heterocycles. The molecule has 0 aliphatic heterocycles. The Labute approximate surface area is 121 Å². The molecule has 1 aliphatic carbocycles. The van der Waals surface area contributed by atoms with Crippen molar-refractivity contribution in [1.29, 1.82) is 0 Å². The third-order valence-corrected chi connectivity index (χ3v) is 4.06. The molecule has 0 spiro atoms. The van der Waals surface area contributed by atoms with Crippen LogP contribution in [-0.2, 0) is 0 Å². The van der Waals surface area contributed by atoms with E-state index >= 15 is 0 Å². The molecule has 1 aromatic carbocycles. The smallest absolute Gasteiger partial charge is 0.287 e. The van der Waals surface area contributed by atoms with E-state index in [0.717, 1.165) is 19.3 Å². The molecular formula is C16H18FNO3. The van der Waals surface area contributed by atoms with E-state index in [0.29, 0.717) is 23.8 Å². The molecule has 1 aliphatic rings. The molecule has 0 radical (unpaired) electrons. The van der Waals surface area contributed by atoms with Crippen LogP contribution in [0, 0.1) is 5.82 Å². The number of fused-ring (bicyclic) bond motifs is 1. The molecule has 1 amide bonds. The average molecular weight is 291 g/mol. The van der Waals surface area contributed by atoms with Crippen molar-refractivity contribution in [2.45, 2.75) is 37.7 Å². The number of benzene rings is 1. The predicted molar refractivity (Wildman–Crippen MR) is 76.5 cm³/mol. The van der Waals surface area contributed by atoms with E-state index in [-0.39, 0.29) is 24.0 Å². The summed E-state index contributed by atoms with van der Waals surface area (Å²) in [7, 11) is 0. The fourth-order valence-electron chi connectivity index (χ4n) is 2.84. The van der Waals surface area contributed by atoms with Gasteiger partial charge in [0.1, 0.15) is 11.4 Å². The summed E-state index contributed by atoms with van der Waals surface area (Å²) in [5.74, 6) is -0.618. The lowest BCUT2D eigenvalue weighted by molar-refractivity contribution is 0.00504. The third-order valence-electron chi connectivity index (χ3n) is 4.06. The maximum absolute atomic E-state index is 13.1. The minimum absolute atomic E-state index is 0.134. The molecule has 21 heavy (non-hydrogen) atoms. The summed E-state index contributed by atoms with van der Waals surface area (Å²) < 4.78 is 18.5. The van der Waals surface area contributed by atoms with E-state index in [2.05, 4.69) is 5.32 Å². The molecule has 1 heterocycles. The number of aliphatic hydroxyl groups is 1. The highest BCUT2D eigenvalue weighted by Gasteiger charge is 2.29. The number of nitrogens with one attached hydrogen (secondary N) is 1. The van der Waals surface area contributed by atoms with Crippen LogP contribution in [0.1, 0.15) is 42.7 Å². The van der Waals surface area contributed by atoms with Crippen molar-refractivity contribution in [2.24, 2.45) is 0 Å². The van der Waals surface area contributed by atoms with Gasteiger partial charge < -0.3 is 14.8 Å². The Morgan fingerprint density at radius 1 is 1.29 bits per heavy atom. The van der Waals surface area contributed by atoms with Crippen molar-refractivity contribution in [3.63, 3.8) is 0 Å². The summed E-state index contributed by atoms with van der Waals surface area (Å²) in [4.78, 5) is 12.1. The molecule has 5 heteroatoms. The van der Waals surface area contributed by atoms with Crippen LogP contribution in [0.15, 0.2) is 28.7 Å². The summed E-state index contributed by atoms with van der Waals surface area (Å²) in [6, 6.07) is 5.62. The lowest BCUT2D eigenvalue weighted by atomic mass is 9.85. The first kappa shape index (κ1) is 14.1. The van der Waals surface area contributed by atoms with Crippen molar-refractivity contribution < 1.29 is 18.7 Å². The Morgan fingerprint density at radius 3 is 2.81 bits per heavy atom. The van der Waals surface area contributed by atoms with E-state index in [1.54, 1.807) is 0 Å². The van der Waals surface area contributed by atoms with Crippen LogP contribution in [0.4, 0.5) is 4.39 Å². The second-order valence-corrected chi connectivity index (χ2v) is 5.76. The zero-order chi connectivity index (χ0) is 14.9. The molecule has 1 fully saturated rings. The number of hydrogen-bond acceptors (Lipinski definition) is 3. The number of carbonyl (C=O) groups excluding carboxylic acids is 1. The minimum Gasteiger partial charge on any atom is -0.451 e. The topological polar surface area (TPSA) is 62.5 Å². The number of carbonyl (C=O) groups is 1. The van der Waals surface area contributed by atoms with Gasteiger partial charge in [0.15, 0.2) is 5.76 Å². The Kier molecular flexibility index (Phi) is 3.68. The lowest BCUT2D eigenvalue weighted by Crippen LogP contribution is -2.44. The molecule has 0 atom stereocenters. The van der Waals surface area contributed by atoms with Crippen molar-refractivity contribution in [3.05, 3.63) is 35.8 Å². The third kappa shape index (κ3) is 3.08. The summed E-state index contributed by atoms with van der Waals surface area (Å²) in [5.41, 5.74) is -0.343.